The lowest BCUT2D eigenvalue weighted by atomic mass is 10.2. The number of sulfonamides is 1. The summed E-state index contributed by atoms with van der Waals surface area (Å²) >= 11 is 0. The third-order valence-electron chi connectivity index (χ3n) is 4.12. The number of hydrogen-bond acceptors (Lipinski definition) is 5. The highest BCUT2D eigenvalue weighted by Crippen LogP contribution is 2.27. The largest absolute Gasteiger partial charge is 0.495 e. The molecule has 1 saturated heterocycles. The van der Waals surface area contributed by atoms with Crippen LogP contribution in [-0.2, 0) is 10.0 Å². The van der Waals surface area contributed by atoms with Crippen molar-refractivity contribution in [2.45, 2.75) is 4.90 Å². The van der Waals surface area contributed by atoms with Crippen LogP contribution in [0.1, 0.15) is 10.4 Å². The first kappa shape index (κ1) is 17.4. The summed E-state index contributed by atoms with van der Waals surface area (Å²) < 4.78 is 32.2. The monoisotopic (exact) mass is 361 g/mol. The Morgan fingerprint density at radius 1 is 1.08 bits per heavy atom. The van der Waals surface area contributed by atoms with E-state index < -0.39 is 10.0 Å². The number of amides is 1. The molecule has 0 radical (unpaired) electrons. The molecule has 8 heteroatoms. The Labute approximate surface area is 146 Å². The molecule has 1 aliphatic rings. The van der Waals surface area contributed by atoms with Crippen LogP contribution < -0.4 is 4.74 Å². The Hall–Kier alpha value is -2.45. The van der Waals surface area contributed by atoms with Crippen LogP contribution in [0.25, 0.3) is 0 Å². The van der Waals surface area contributed by atoms with Crippen molar-refractivity contribution in [3.8, 4) is 5.75 Å². The van der Waals surface area contributed by atoms with Gasteiger partial charge in [-0.2, -0.15) is 4.31 Å². The number of hydrogen-bond donors (Lipinski definition) is 0. The number of para-hydroxylation sites is 1. The van der Waals surface area contributed by atoms with Crippen molar-refractivity contribution in [2.75, 3.05) is 33.3 Å². The van der Waals surface area contributed by atoms with Crippen molar-refractivity contribution in [2.24, 2.45) is 0 Å². The Bertz CT molecular complexity index is 847. The summed E-state index contributed by atoms with van der Waals surface area (Å²) in [5, 5.41) is 0. The number of pyridine rings is 1. The van der Waals surface area contributed by atoms with Crippen LogP contribution in [0.5, 0.6) is 5.75 Å². The normalized spacial score (nSPS) is 15.8. The number of carbonyl (C=O) groups excluding carboxylic acids is 1. The fourth-order valence-corrected chi connectivity index (χ4v) is 4.35. The van der Waals surface area contributed by atoms with Crippen LogP contribution in [0, 0.1) is 0 Å². The van der Waals surface area contributed by atoms with E-state index in [2.05, 4.69) is 4.98 Å². The van der Waals surface area contributed by atoms with E-state index in [0.29, 0.717) is 24.4 Å². The van der Waals surface area contributed by atoms with Gasteiger partial charge in [0, 0.05) is 38.6 Å². The van der Waals surface area contributed by atoms with E-state index in [0.717, 1.165) is 0 Å². The summed E-state index contributed by atoms with van der Waals surface area (Å²) in [4.78, 5) is 18.2. The van der Waals surface area contributed by atoms with E-state index >= 15 is 0 Å². The SMILES string of the molecule is COc1ccccc1S(=O)(=O)N1CCN(C(=O)c2cccnc2)CC1. The van der Waals surface area contributed by atoms with E-state index in [1.54, 1.807) is 41.4 Å². The predicted molar refractivity (Wildman–Crippen MR) is 91.9 cm³/mol. The molecule has 25 heavy (non-hydrogen) atoms. The zero-order chi connectivity index (χ0) is 17.9. The summed E-state index contributed by atoms with van der Waals surface area (Å²) in [5.74, 6) is 0.179. The van der Waals surface area contributed by atoms with Gasteiger partial charge >= 0.3 is 0 Å². The van der Waals surface area contributed by atoms with Gasteiger partial charge in [-0.05, 0) is 24.3 Å². The van der Waals surface area contributed by atoms with Crippen molar-refractivity contribution in [3.05, 3.63) is 54.4 Å². The molecule has 0 saturated carbocycles. The van der Waals surface area contributed by atoms with Crippen molar-refractivity contribution in [3.63, 3.8) is 0 Å². The molecule has 0 aliphatic carbocycles. The maximum absolute atomic E-state index is 12.8. The molecule has 1 amide bonds. The lowest BCUT2D eigenvalue weighted by molar-refractivity contribution is 0.0697. The molecule has 0 spiro atoms. The van der Waals surface area contributed by atoms with Gasteiger partial charge in [-0.1, -0.05) is 12.1 Å². The molecule has 2 heterocycles. The smallest absolute Gasteiger partial charge is 0.255 e. The zero-order valence-corrected chi connectivity index (χ0v) is 14.6. The van der Waals surface area contributed by atoms with Crippen LogP contribution in [0.3, 0.4) is 0 Å². The molecule has 132 valence electrons. The third-order valence-corrected chi connectivity index (χ3v) is 6.06. The molecule has 2 aromatic rings. The van der Waals surface area contributed by atoms with Crippen molar-refractivity contribution in [1.82, 2.24) is 14.2 Å². The minimum atomic E-state index is -3.66. The maximum Gasteiger partial charge on any atom is 0.255 e. The van der Waals surface area contributed by atoms with Crippen LogP contribution >= 0.6 is 0 Å². The first-order valence-electron chi connectivity index (χ1n) is 7.86. The number of aromatic nitrogens is 1. The fraction of sp³-hybridized carbons (Fsp3) is 0.294. The molecular formula is C17H19N3O4S. The summed E-state index contributed by atoms with van der Waals surface area (Å²) in [5.41, 5.74) is 0.503. The quantitative estimate of drug-likeness (QED) is 0.818. The van der Waals surface area contributed by atoms with Gasteiger partial charge in [-0.25, -0.2) is 8.42 Å². The minimum absolute atomic E-state index is 0.137. The molecule has 0 unspecified atom stereocenters. The van der Waals surface area contributed by atoms with Crippen LogP contribution in [0.15, 0.2) is 53.7 Å². The molecule has 1 aromatic heterocycles. The van der Waals surface area contributed by atoms with Crippen LogP contribution in [-0.4, -0.2) is 61.8 Å². The predicted octanol–water partition coefficient (Wildman–Crippen LogP) is 1.24. The Balaban J connectivity index is 1.72. The first-order chi connectivity index (χ1) is 12.0. The fourth-order valence-electron chi connectivity index (χ4n) is 2.77. The van der Waals surface area contributed by atoms with Gasteiger partial charge in [-0.3, -0.25) is 9.78 Å². The number of ether oxygens (including phenoxy) is 1. The van der Waals surface area contributed by atoms with E-state index in [4.69, 9.17) is 4.74 Å². The molecule has 1 fully saturated rings. The molecular weight excluding hydrogens is 342 g/mol. The van der Waals surface area contributed by atoms with Gasteiger partial charge in [0.25, 0.3) is 5.91 Å². The summed E-state index contributed by atoms with van der Waals surface area (Å²) in [6.07, 6.45) is 3.12. The highest BCUT2D eigenvalue weighted by Gasteiger charge is 2.32. The number of nitrogens with zero attached hydrogens (tertiary/aromatic N) is 3. The van der Waals surface area contributed by atoms with Gasteiger partial charge in [0.15, 0.2) is 0 Å². The third kappa shape index (κ3) is 3.49. The summed E-state index contributed by atoms with van der Waals surface area (Å²) in [6, 6.07) is 9.94. The molecule has 1 aliphatic heterocycles. The Morgan fingerprint density at radius 3 is 2.44 bits per heavy atom. The Kier molecular flexibility index (Phi) is 5.00. The number of piperazine rings is 1. The van der Waals surface area contributed by atoms with Gasteiger partial charge in [-0.15, -0.1) is 0 Å². The van der Waals surface area contributed by atoms with E-state index in [-0.39, 0.29) is 23.9 Å². The molecule has 0 bridgehead atoms. The van der Waals surface area contributed by atoms with Crippen molar-refractivity contribution in [1.29, 1.82) is 0 Å². The molecule has 1 aromatic carbocycles. The van der Waals surface area contributed by atoms with Gasteiger partial charge in [0.2, 0.25) is 10.0 Å². The van der Waals surface area contributed by atoms with Crippen LogP contribution in [0.2, 0.25) is 0 Å². The van der Waals surface area contributed by atoms with Crippen molar-refractivity contribution >= 4 is 15.9 Å². The summed E-state index contributed by atoms with van der Waals surface area (Å²) in [7, 11) is -2.22. The standard InChI is InChI=1S/C17H19N3O4S/c1-24-15-6-2-3-7-16(15)25(22,23)20-11-9-19(10-12-20)17(21)14-5-4-8-18-13-14/h2-8,13H,9-12H2,1H3. The lowest BCUT2D eigenvalue weighted by Gasteiger charge is -2.34. The average molecular weight is 361 g/mol. The van der Waals surface area contributed by atoms with E-state index in [1.165, 1.54) is 23.7 Å². The van der Waals surface area contributed by atoms with Gasteiger partial charge in [0.1, 0.15) is 10.6 Å². The maximum atomic E-state index is 12.8. The van der Waals surface area contributed by atoms with Crippen molar-refractivity contribution < 1.29 is 17.9 Å². The second kappa shape index (κ2) is 7.20. The van der Waals surface area contributed by atoms with Crippen LogP contribution in [0.4, 0.5) is 0 Å². The lowest BCUT2D eigenvalue weighted by Crippen LogP contribution is -2.50. The minimum Gasteiger partial charge on any atom is -0.495 e. The Morgan fingerprint density at radius 2 is 1.80 bits per heavy atom. The van der Waals surface area contributed by atoms with E-state index in [1.807, 2.05) is 0 Å². The second-order valence-corrected chi connectivity index (χ2v) is 7.50. The molecule has 0 atom stereocenters. The number of rotatable bonds is 4. The van der Waals surface area contributed by atoms with Gasteiger partial charge < -0.3 is 9.64 Å². The summed E-state index contributed by atoms with van der Waals surface area (Å²) in [6.45, 7) is 1.16. The molecule has 7 nitrogen and oxygen atoms in total. The number of carbonyl (C=O) groups is 1. The highest BCUT2D eigenvalue weighted by molar-refractivity contribution is 7.89. The molecule has 0 N–H and O–H groups in total. The average Bonchev–Trinajstić information content (AvgIpc) is 2.68. The van der Waals surface area contributed by atoms with Gasteiger partial charge in [0.05, 0.1) is 12.7 Å². The topological polar surface area (TPSA) is 79.8 Å². The number of methoxy groups -OCH3 is 1. The van der Waals surface area contributed by atoms with E-state index in [9.17, 15) is 13.2 Å². The zero-order valence-electron chi connectivity index (χ0n) is 13.8. The molecule has 3 rings (SSSR count). The second-order valence-electron chi connectivity index (χ2n) is 5.59. The number of benzene rings is 1. The highest BCUT2D eigenvalue weighted by atomic mass is 32.2. The first-order valence-corrected chi connectivity index (χ1v) is 9.30.